The molecule has 98 valence electrons. The van der Waals surface area contributed by atoms with Crippen LogP contribution in [0.25, 0.3) is 0 Å². The normalized spacial score (nSPS) is 23.6. The van der Waals surface area contributed by atoms with E-state index in [-0.39, 0.29) is 18.4 Å². The number of carboxylic acid groups (broad SMARTS) is 1. The average Bonchev–Trinajstić information content (AvgIpc) is 2.34. The first-order valence-electron chi connectivity index (χ1n) is 5.99. The summed E-state index contributed by atoms with van der Waals surface area (Å²) in [6.07, 6.45) is 7.21. The Kier molecular flexibility index (Phi) is 4.52. The van der Waals surface area contributed by atoms with Gasteiger partial charge in [-0.25, -0.2) is 9.97 Å². The van der Waals surface area contributed by atoms with Crippen molar-refractivity contribution in [1.29, 1.82) is 0 Å². The molecule has 1 heterocycles. The van der Waals surface area contributed by atoms with Gasteiger partial charge in [0.1, 0.15) is 6.10 Å². The lowest BCUT2D eigenvalue weighted by Crippen LogP contribution is -2.25. The van der Waals surface area contributed by atoms with Gasteiger partial charge in [-0.05, 0) is 47.5 Å². The number of carbonyl (C=O) groups is 1. The monoisotopic (exact) mass is 314 g/mol. The van der Waals surface area contributed by atoms with Crippen LogP contribution in [0.15, 0.2) is 16.9 Å². The molecule has 1 N–H and O–H groups in total. The summed E-state index contributed by atoms with van der Waals surface area (Å²) < 4.78 is 6.49. The number of aromatic nitrogens is 2. The molecule has 0 amide bonds. The zero-order valence-corrected chi connectivity index (χ0v) is 11.5. The van der Waals surface area contributed by atoms with Gasteiger partial charge < -0.3 is 9.84 Å². The van der Waals surface area contributed by atoms with Crippen LogP contribution in [0.3, 0.4) is 0 Å². The Morgan fingerprint density at radius 2 is 1.94 bits per heavy atom. The van der Waals surface area contributed by atoms with E-state index in [0.717, 1.165) is 30.2 Å². The first kappa shape index (κ1) is 13.3. The molecule has 0 aromatic carbocycles. The van der Waals surface area contributed by atoms with Crippen LogP contribution in [0.1, 0.15) is 32.1 Å². The molecule has 0 saturated heterocycles. The topological polar surface area (TPSA) is 72.3 Å². The molecular weight excluding hydrogens is 300 g/mol. The molecule has 6 heteroatoms. The minimum absolute atomic E-state index is 0.108. The van der Waals surface area contributed by atoms with E-state index in [0.29, 0.717) is 6.01 Å². The fraction of sp³-hybridized carbons (Fsp3) is 0.583. The van der Waals surface area contributed by atoms with E-state index in [1.54, 1.807) is 12.4 Å². The fourth-order valence-electron chi connectivity index (χ4n) is 2.21. The molecule has 0 spiro atoms. The predicted molar refractivity (Wildman–Crippen MR) is 68.4 cm³/mol. The second-order valence-electron chi connectivity index (χ2n) is 4.54. The SMILES string of the molecule is O=C(O)CC1CCC(Oc2ncc(Br)cn2)CC1. The molecule has 1 aliphatic carbocycles. The van der Waals surface area contributed by atoms with Gasteiger partial charge in [0.2, 0.25) is 0 Å². The van der Waals surface area contributed by atoms with Crippen LogP contribution in [0.2, 0.25) is 0 Å². The highest BCUT2D eigenvalue weighted by Crippen LogP contribution is 2.28. The van der Waals surface area contributed by atoms with E-state index in [9.17, 15) is 4.79 Å². The highest BCUT2D eigenvalue weighted by molar-refractivity contribution is 9.10. The molecule has 0 aliphatic heterocycles. The fourth-order valence-corrected chi connectivity index (χ4v) is 2.42. The Hall–Kier alpha value is -1.17. The van der Waals surface area contributed by atoms with Crippen LogP contribution < -0.4 is 4.74 Å². The Morgan fingerprint density at radius 3 is 2.50 bits per heavy atom. The van der Waals surface area contributed by atoms with Crippen LogP contribution in [0.4, 0.5) is 0 Å². The van der Waals surface area contributed by atoms with Crippen molar-refractivity contribution < 1.29 is 14.6 Å². The molecule has 0 radical (unpaired) electrons. The van der Waals surface area contributed by atoms with Crippen LogP contribution in [-0.2, 0) is 4.79 Å². The van der Waals surface area contributed by atoms with Gasteiger partial charge in [0.15, 0.2) is 0 Å². The lowest BCUT2D eigenvalue weighted by molar-refractivity contribution is -0.138. The largest absolute Gasteiger partial charge is 0.481 e. The highest BCUT2D eigenvalue weighted by atomic mass is 79.9. The van der Waals surface area contributed by atoms with Gasteiger partial charge in [0, 0.05) is 18.8 Å². The molecule has 1 saturated carbocycles. The summed E-state index contributed by atoms with van der Waals surface area (Å²) in [4.78, 5) is 18.7. The second kappa shape index (κ2) is 6.13. The number of halogens is 1. The third-order valence-corrected chi connectivity index (χ3v) is 3.54. The molecule has 18 heavy (non-hydrogen) atoms. The van der Waals surface area contributed by atoms with Crippen molar-refractivity contribution in [2.24, 2.45) is 5.92 Å². The van der Waals surface area contributed by atoms with Gasteiger partial charge in [-0.1, -0.05) is 0 Å². The number of ether oxygens (including phenoxy) is 1. The minimum atomic E-state index is -0.712. The van der Waals surface area contributed by atoms with Crippen molar-refractivity contribution in [3.05, 3.63) is 16.9 Å². The summed E-state index contributed by atoms with van der Waals surface area (Å²) in [5.41, 5.74) is 0. The molecule has 1 fully saturated rings. The first-order chi connectivity index (χ1) is 8.63. The highest BCUT2D eigenvalue weighted by Gasteiger charge is 2.24. The minimum Gasteiger partial charge on any atom is -0.481 e. The van der Waals surface area contributed by atoms with E-state index >= 15 is 0 Å². The molecule has 0 bridgehead atoms. The number of nitrogens with zero attached hydrogens (tertiary/aromatic N) is 2. The van der Waals surface area contributed by atoms with Crippen LogP contribution >= 0.6 is 15.9 Å². The summed E-state index contributed by atoms with van der Waals surface area (Å²) >= 11 is 3.27. The van der Waals surface area contributed by atoms with Crippen LogP contribution in [0, 0.1) is 5.92 Å². The second-order valence-corrected chi connectivity index (χ2v) is 5.46. The standard InChI is InChI=1S/C12H15BrN2O3/c13-9-6-14-12(15-7-9)18-10-3-1-8(2-4-10)5-11(16)17/h6-8,10H,1-5H2,(H,16,17). The Morgan fingerprint density at radius 1 is 1.33 bits per heavy atom. The quantitative estimate of drug-likeness (QED) is 0.925. The van der Waals surface area contributed by atoms with Crippen LogP contribution in [-0.4, -0.2) is 27.1 Å². The van der Waals surface area contributed by atoms with Crippen molar-refractivity contribution in [3.8, 4) is 6.01 Å². The van der Waals surface area contributed by atoms with Crippen molar-refractivity contribution in [2.75, 3.05) is 0 Å². The number of hydrogen-bond donors (Lipinski definition) is 1. The summed E-state index contributed by atoms with van der Waals surface area (Å²) in [5.74, 6) is -0.427. The van der Waals surface area contributed by atoms with Gasteiger partial charge in [0.25, 0.3) is 0 Å². The van der Waals surface area contributed by atoms with Gasteiger partial charge in [0.05, 0.1) is 4.47 Å². The number of rotatable bonds is 4. The van der Waals surface area contributed by atoms with E-state index in [1.165, 1.54) is 0 Å². The summed E-state index contributed by atoms with van der Waals surface area (Å²) in [5, 5.41) is 8.74. The molecule has 0 unspecified atom stereocenters. The number of carboxylic acids is 1. The lowest BCUT2D eigenvalue weighted by atomic mass is 9.85. The van der Waals surface area contributed by atoms with Gasteiger partial charge >= 0.3 is 12.0 Å². The summed E-state index contributed by atoms with van der Waals surface area (Å²) in [6, 6.07) is 0.389. The maximum absolute atomic E-state index is 10.6. The molecular formula is C12H15BrN2O3. The zero-order valence-electron chi connectivity index (χ0n) is 9.88. The molecule has 1 aromatic rings. The Bertz CT molecular complexity index is 402. The van der Waals surface area contributed by atoms with Crippen molar-refractivity contribution in [1.82, 2.24) is 9.97 Å². The van der Waals surface area contributed by atoms with Crippen molar-refractivity contribution >= 4 is 21.9 Å². The maximum atomic E-state index is 10.6. The van der Waals surface area contributed by atoms with E-state index in [1.807, 2.05) is 0 Å². The third-order valence-electron chi connectivity index (χ3n) is 3.13. The molecule has 2 rings (SSSR count). The molecule has 1 aromatic heterocycles. The number of aliphatic carboxylic acids is 1. The lowest BCUT2D eigenvalue weighted by Gasteiger charge is -2.27. The van der Waals surface area contributed by atoms with E-state index in [4.69, 9.17) is 9.84 Å². The maximum Gasteiger partial charge on any atom is 0.316 e. The molecule has 5 nitrogen and oxygen atoms in total. The van der Waals surface area contributed by atoms with Gasteiger partial charge in [-0.2, -0.15) is 0 Å². The molecule has 1 aliphatic rings. The van der Waals surface area contributed by atoms with Crippen LogP contribution in [0.5, 0.6) is 6.01 Å². The third kappa shape index (κ3) is 3.94. The summed E-state index contributed by atoms with van der Waals surface area (Å²) in [6.45, 7) is 0. The predicted octanol–water partition coefficient (Wildman–Crippen LogP) is 2.65. The van der Waals surface area contributed by atoms with Gasteiger partial charge in [-0.15, -0.1) is 0 Å². The average molecular weight is 315 g/mol. The van der Waals surface area contributed by atoms with Crippen molar-refractivity contribution in [2.45, 2.75) is 38.2 Å². The first-order valence-corrected chi connectivity index (χ1v) is 6.79. The Labute approximate surface area is 114 Å². The van der Waals surface area contributed by atoms with Gasteiger partial charge in [-0.3, -0.25) is 4.79 Å². The van der Waals surface area contributed by atoms with E-state index < -0.39 is 5.97 Å². The van der Waals surface area contributed by atoms with Crippen molar-refractivity contribution in [3.63, 3.8) is 0 Å². The van der Waals surface area contributed by atoms with E-state index in [2.05, 4.69) is 25.9 Å². The smallest absolute Gasteiger partial charge is 0.316 e. The molecule has 0 atom stereocenters. The Balaban J connectivity index is 1.79. The number of hydrogen-bond acceptors (Lipinski definition) is 4. The zero-order chi connectivity index (χ0) is 13.0. The summed E-state index contributed by atoms with van der Waals surface area (Å²) in [7, 11) is 0.